The van der Waals surface area contributed by atoms with E-state index < -0.39 is 11.7 Å². The molecule has 29 heavy (non-hydrogen) atoms. The SMILES string of the molecule is Cc1ncc(-c2ccc(C(F)(F)F)cc2Oc2cc(C)c3nnc(Cl)n3n2)cn1. The molecule has 4 rings (SSSR count). The Hall–Kier alpha value is -3.27. The van der Waals surface area contributed by atoms with Crippen LogP contribution in [0.25, 0.3) is 16.8 Å². The molecule has 0 fully saturated rings. The predicted molar refractivity (Wildman–Crippen MR) is 97.8 cm³/mol. The lowest BCUT2D eigenvalue weighted by molar-refractivity contribution is -0.137. The topological polar surface area (TPSA) is 78.1 Å². The first kappa shape index (κ1) is 19.1. The van der Waals surface area contributed by atoms with Crippen molar-refractivity contribution in [2.75, 3.05) is 0 Å². The fourth-order valence-electron chi connectivity index (χ4n) is 2.69. The van der Waals surface area contributed by atoms with Gasteiger partial charge in [-0.25, -0.2) is 9.97 Å². The summed E-state index contributed by atoms with van der Waals surface area (Å²) in [6.45, 7) is 3.44. The Labute approximate surface area is 167 Å². The number of fused-ring (bicyclic) bond motifs is 1. The summed E-state index contributed by atoms with van der Waals surface area (Å²) in [7, 11) is 0. The molecule has 11 heteroatoms. The van der Waals surface area contributed by atoms with Crippen molar-refractivity contribution in [3.8, 4) is 22.8 Å². The summed E-state index contributed by atoms with van der Waals surface area (Å²) in [6, 6.07) is 4.73. The Morgan fingerprint density at radius 3 is 2.45 bits per heavy atom. The van der Waals surface area contributed by atoms with Crippen LogP contribution in [0.5, 0.6) is 11.6 Å². The van der Waals surface area contributed by atoms with E-state index in [1.807, 2.05) is 0 Å². The van der Waals surface area contributed by atoms with Crippen LogP contribution in [0.2, 0.25) is 5.28 Å². The number of alkyl halides is 3. The maximum Gasteiger partial charge on any atom is 0.416 e. The van der Waals surface area contributed by atoms with Gasteiger partial charge in [0.1, 0.15) is 11.6 Å². The van der Waals surface area contributed by atoms with Crippen molar-refractivity contribution in [1.82, 2.24) is 29.8 Å². The van der Waals surface area contributed by atoms with Gasteiger partial charge in [0, 0.05) is 35.2 Å². The molecule has 3 heterocycles. The summed E-state index contributed by atoms with van der Waals surface area (Å²) in [4.78, 5) is 8.18. The number of hydrogen-bond donors (Lipinski definition) is 0. The van der Waals surface area contributed by atoms with Crippen LogP contribution in [0.3, 0.4) is 0 Å². The first-order valence-corrected chi connectivity index (χ1v) is 8.67. The van der Waals surface area contributed by atoms with Crippen LogP contribution in [0.4, 0.5) is 13.2 Å². The summed E-state index contributed by atoms with van der Waals surface area (Å²) in [5, 5.41) is 11.8. The number of rotatable bonds is 3. The van der Waals surface area contributed by atoms with Gasteiger partial charge in [-0.1, -0.05) is 0 Å². The molecule has 7 nitrogen and oxygen atoms in total. The fraction of sp³-hybridized carbons (Fsp3) is 0.167. The Morgan fingerprint density at radius 1 is 1.03 bits per heavy atom. The molecular weight excluding hydrogens is 409 g/mol. The van der Waals surface area contributed by atoms with E-state index in [1.165, 1.54) is 29.0 Å². The standard InChI is InChI=1S/C18H12ClF3N6O/c1-9-5-15(27-28-16(9)25-26-17(28)19)29-14-6-12(18(20,21)22)3-4-13(14)11-7-23-10(2)24-8-11/h3-8H,1-2H3. The normalized spacial score (nSPS) is 11.8. The lowest BCUT2D eigenvalue weighted by Gasteiger charge is -2.14. The van der Waals surface area contributed by atoms with Crippen LogP contribution < -0.4 is 4.74 Å². The molecule has 0 saturated carbocycles. The number of ether oxygens (including phenoxy) is 1. The van der Waals surface area contributed by atoms with Crippen LogP contribution in [0.1, 0.15) is 17.0 Å². The maximum absolute atomic E-state index is 13.2. The van der Waals surface area contributed by atoms with Gasteiger partial charge in [-0.05, 0) is 43.6 Å². The first-order chi connectivity index (χ1) is 13.7. The van der Waals surface area contributed by atoms with Gasteiger partial charge in [-0.15, -0.1) is 15.3 Å². The monoisotopic (exact) mass is 420 g/mol. The molecule has 0 bridgehead atoms. The minimum absolute atomic E-state index is 0.00440. The second kappa shape index (κ2) is 6.96. The third-order valence-electron chi connectivity index (χ3n) is 4.11. The van der Waals surface area contributed by atoms with E-state index in [0.29, 0.717) is 28.2 Å². The maximum atomic E-state index is 13.2. The Bertz CT molecular complexity index is 1210. The van der Waals surface area contributed by atoms with E-state index in [9.17, 15) is 13.2 Å². The Morgan fingerprint density at radius 2 is 1.76 bits per heavy atom. The second-order valence-electron chi connectivity index (χ2n) is 6.20. The van der Waals surface area contributed by atoms with Gasteiger partial charge in [0.15, 0.2) is 5.65 Å². The molecule has 0 unspecified atom stereocenters. The predicted octanol–water partition coefficient (Wildman–Crippen LogP) is 4.66. The molecule has 1 aromatic carbocycles. The molecule has 0 amide bonds. The lowest BCUT2D eigenvalue weighted by atomic mass is 10.0. The van der Waals surface area contributed by atoms with E-state index in [1.54, 1.807) is 13.8 Å². The highest BCUT2D eigenvalue weighted by atomic mass is 35.5. The number of benzene rings is 1. The zero-order chi connectivity index (χ0) is 20.8. The smallest absolute Gasteiger partial charge is 0.416 e. The number of nitrogens with zero attached hydrogens (tertiary/aromatic N) is 6. The summed E-state index contributed by atoms with van der Waals surface area (Å²) in [6.07, 6.45) is -1.52. The van der Waals surface area contributed by atoms with Crippen molar-refractivity contribution < 1.29 is 17.9 Å². The highest BCUT2D eigenvalue weighted by Crippen LogP contribution is 2.38. The summed E-state index contributed by atoms with van der Waals surface area (Å²) < 4.78 is 46.7. The van der Waals surface area contributed by atoms with Crippen LogP contribution in [0, 0.1) is 13.8 Å². The highest BCUT2D eigenvalue weighted by molar-refractivity contribution is 6.28. The fourth-order valence-corrected chi connectivity index (χ4v) is 2.84. The van der Waals surface area contributed by atoms with E-state index in [2.05, 4.69) is 25.3 Å². The molecule has 0 N–H and O–H groups in total. The van der Waals surface area contributed by atoms with Crippen molar-refractivity contribution in [3.05, 3.63) is 58.9 Å². The van der Waals surface area contributed by atoms with E-state index >= 15 is 0 Å². The van der Waals surface area contributed by atoms with Gasteiger partial charge in [0.05, 0.1) is 5.56 Å². The third-order valence-corrected chi connectivity index (χ3v) is 4.34. The van der Waals surface area contributed by atoms with E-state index in [4.69, 9.17) is 16.3 Å². The Kier molecular flexibility index (Phi) is 4.58. The summed E-state index contributed by atoms with van der Waals surface area (Å²) >= 11 is 5.95. The molecule has 0 aliphatic rings. The molecule has 0 aliphatic carbocycles. The molecule has 0 aliphatic heterocycles. The van der Waals surface area contributed by atoms with Crippen LogP contribution >= 0.6 is 11.6 Å². The molecule has 3 aromatic heterocycles. The second-order valence-corrected chi connectivity index (χ2v) is 6.54. The van der Waals surface area contributed by atoms with Gasteiger partial charge in [-0.2, -0.15) is 17.7 Å². The molecule has 0 radical (unpaired) electrons. The summed E-state index contributed by atoms with van der Waals surface area (Å²) in [5.41, 5.74) is 1.08. The molecule has 0 spiro atoms. The number of hydrogen-bond acceptors (Lipinski definition) is 6. The van der Waals surface area contributed by atoms with Crippen LogP contribution in [-0.4, -0.2) is 29.8 Å². The molecule has 148 valence electrons. The number of aryl methyl sites for hydroxylation is 2. The van der Waals surface area contributed by atoms with Crippen molar-refractivity contribution in [3.63, 3.8) is 0 Å². The van der Waals surface area contributed by atoms with Gasteiger partial charge < -0.3 is 4.74 Å². The third kappa shape index (κ3) is 3.70. The average molecular weight is 421 g/mol. The number of halogens is 4. The molecule has 4 aromatic rings. The zero-order valence-corrected chi connectivity index (χ0v) is 15.8. The van der Waals surface area contributed by atoms with Gasteiger partial charge in [0.2, 0.25) is 11.2 Å². The van der Waals surface area contributed by atoms with Crippen LogP contribution in [0.15, 0.2) is 36.7 Å². The van der Waals surface area contributed by atoms with Crippen molar-refractivity contribution in [2.45, 2.75) is 20.0 Å². The zero-order valence-electron chi connectivity index (χ0n) is 15.1. The minimum Gasteiger partial charge on any atom is -0.437 e. The van der Waals surface area contributed by atoms with Gasteiger partial charge in [0.25, 0.3) is 0 Å². The van der Waals surface area contributed by atoms with Crippen molar-refractivity contribution in [1.29, 1.82) is 0 Å². The number of aromatic nitrogens is 6. The first-order valence-electron chi connectivity index (χ1n) is 8.29. The Balaban J connectivity index is 1.84. The van der Waals surface area contributed by atoms with E-state index in [0.717, 1.165) is 12.1 Å². The largest absolute Gasteiger partial charge is 0.437 e. The lowest BCUT2D eigenvalue weighted by Crippen LogP contribution is -2.06. The minimum atomic E-state index is -4.54. The van der Waals surface area contributed by atoms with Crippen molar-refractivity contribution in [2.24, 2.45) is 0 Å². The highest BCUT2D eigenvalue weighted by Gasteiger charge is 2.31. The van der Waals surface area contributed by atoms with Crippen LogP contribution in [-0.2, 0) is 6.18 Å². The van der Waals surface area contributed by atoms with Crippen molar-refractivity contribution >= 4 is 17.2 Å². The molecular formula is C18H12ClF3N6O. The molecule has 0 atom stereocenters. The molecule has 0 saturated heterocycles. The van der Waals surface area contributed by atoms with E-state index in [-0.39, 0.29) is 16.9 Å². The quantitative estimate of drug-likeness (QED) is 0.479. The average Bonchev–Trinajstić information content (AvgIpc) is 3.03. The summed E-state index contributed by atoms with van der Waals surface area (Å²) in [5.74, 6) is 0.515. The van der Waals surface area contributed by atoms with Gasteiger partial charge >= 0.3 is 6.18 Å². The van der Waals surface area contributed by atoms with Gasteiger partial charge in [-0.3, -0.25) is 0 Å².